The first-order chi connectivity index (χ1) is 25.7. The summed E-state index contributed by atoms with van der Waals surface area (Å²) in [6, 6.07) is 55.4. The van der Waals surface area contributed by atoms with Gasteiger partial charge in [-0.1, -0.05) is 133 Å². The lowest BCUT2D eigenvalue weighted by Gasteiger charge is -2.11. The minimum atomic E-state index is 0.570. The number of nitrogens with zero attached hydrogens (tertiary/aromatic N) is 5. The van der Waals surface area contributed by atoms with Crippen LogP contribution in [-0.4, -0.2) is 19.5 Å². The molecule has 10 aromatic rings. The molecule has 0 saturated carbocycles. The molecule has 0 bridgehead atoms. The molecule has 0 aliphatic carbocycles. The first-order valence-electron chi connectivity index (χ1n) is 17.1. The number of hydrogen-bond acceptors (Lipinski definition) is 4. The number of hydrogen-bond donors (Lipinski definition) is 0. The van der Waals surface area contributed by atoms with E-state index < -0.39 is 0 Å². The molecule has 0 saturated heterocycles. The molecule has 6 nitrogen and oxygen atoms in total. The van der Waals surface area contributed by atoms with E-state index in [0.29, 0.717) is 23.3 Å². The molecule has 10 rings (SSSR count). The average molecular weight is 666 g/mol. The lowest BCUT2D eigenvalue weighted by atomic mass is 9.95. The Balaban J connectivity index is 1.08. The van der Waals surface area contributed by atoms with Crippen LogP contribution in [0.3, 0.4) is 0 Å². The van der Waals surface area contributed by atoms with Gasteiger partial charge in [0.15, 0.2) is 17.3 Å². The molecular weight excluding hydrogens is 639 g/mol. The summed E-state index contributed by atoms with van der Waals surface area (Å²) in [4.78, 5) is 18.9. The molecule has 6 heteroatoms. The van der Waals surface area contributed by atoms with Gasteiger partial charge in [0.2, 0.25) is 5.95 Å². The number of para-hydroxylation sites is 2. The molecular formula is C46H27N5O. The van der Waals surface area contributed by atoms with E-state index >= 15 is 0 Å². The molecule has 0 unspecified atom stereocenters. The second-order valence-corrected chi connectivity index (χ2v) is 12.7. The minimum absolute atomic E-state index is 0.570. The Kier molecular flexibility index (Phi) is 6.76. The quantitative estimate of drug-likeness (QED) is 0.172. The predicted molar refractivity (Wildman–Crippen MR) is 209 cm³/mol. The third-order valence-corrected chi connectivity index (χ3v) is 9.71. The van der Waals surface area contributed by atoms with E-state index in [9.17, 15) is 0 Å². The summed E-state index contributed by atoms with van der Waals surface area (Å²) < 4.78 is 8.31. The van der Waals surface area contributed by atoms with Crippen LogP contribution in [0.2, 0.25) is 0 Å². The standard InChI is InChI=1S/C46H27N5O/c1-47-37-19-11-23-41-43(37)42-34(18-10-22-40(42)52-41)33-15-9-14-32(28-33)29-24-26-31(27-25-29)45-48-44(30-12-3-2-4-13-30)49-46(50-45)51-38-20-7-5-16-35(38)36-17-6-8-21-39(36)51/h2-28H. The van der Waals surface area contributed by atoms with Gasteiger partial charge in [-0.25, -0.2) is 9.83 Å². The van der Waals surface area contributed by atoms with Crippen LogP contribution in [0.1, 0.15) is 0 Å². The maximum atomic E-state index is 7.78. The predicted octanol–water partition coefficient (Wildman–Crippen LogP) is 12.1. The largest absolute Gasteiger partial charge is 0.457 e. The maximum absolute atomic E-state index is 7.78. The van der Waals surface area contributed by atoms with Crippen molar-refractivity contribution in [2.45, 2.75) is 0 Å². The van der Waals surface area contributed by atoms with Crippen LogP contribution in [0.4, 0.5) is 5.69 Å². The van der Waals surface area contributed by atoms with Crippen molar-refractivity contribution in [2.75, 3.05) is 0 Å². The normalized spacial score (nSPS) is 11.4. The van der Waals surface area contributed by atoms with Crippen molar-refractivity contribution in [3.63, 3.8) is 0 Å². The Hall–Kier alpha value is -7.36. The Morgan fingerprint density at radius 2 is 1.02 bits per heavy atom. The van der Waals surface area contributed by atoms with Crippen molar-refractivity contribution in [1.29, 1.82) is 0 Å². The first-order valence-corrected chi connectivity index (χ1v) is 17.1. The smallest absolute Gasteiger partial charge is 0.238 e. The van der Waals surface area contributed by atoms with E-state index in [-0.39, 0.29) is 0 Å². The zero-order valence-electron chi connectivity index (χ0n) is 27.7. The molecule has 242 valence electrons. The summed E-state index contributed by atoms with van der Waals surface area (Å²) in [5.41, 5.74) is 10.2. The highest BCUT2D eigenvalue weighted by Crippen LogP contribution is 2.42. The van der Waals surface area contributed by atoms with Crippen molar-refractivity contribution in [3.05, 3.63) is 175 Å². The van der Waals surface area contributed by atoms with E-state index in [1.165, 1.54) is 0 Å². The molecule has 0 N–H and O–H groups in total. The lowest BCUT2D eigenvalue weighted by Crippen LogP contribution is -2.06. The molecule has 3 heterocycles. The summed E-state index contributed by atoms with van der Waals surface area (Å²) in [6.45, 7) is 7.78. The van der Waals surface area contributed by atoms with E-state index in [1.54, 1.807) is 0 Å². The van der Waals surface area contributed by atoms with Gasteiger partial charge in [-0.05, 0) is 52.6 Å². The molecule has 0 fully saturated rings. The topological polar surface area (TPSA) is 61.1 Å². The monoisotopic (exact) mass is 665 g/mol. The van der Waals surface area contributed by atoms with Crippen molar-refractivity contribution >= 4 is 49.4 Å². The second kappa shape index (κ2) is 11.9. The number of aromatic nitrogens is 4. The molecule has 7 aromatic carbocycles. The Morgan fingerprint density at radius 3 is 1.73 bits per heavy atom. The van der Waals surface area contributed by atoms with Gasteiger partial charge < -0.3 is 4.42 Å². The van der Waals surface area contributed by atoms with Crippen LogP contribution >= 0.6 is 0 Å². The summed E-state index contributed by atoms with van der Waals surface area (Å²) in [6.07, 6.45) is 0. The van der Waals surface area contributed by atoms with Gasteiger partial charge in [-0.15, -0.1) is 0 Å². The fourth-order valence-electron chi connectivity index (χ4n) is 7.31. The van der Waals surface area contributed by atoms with Crippen LogP contribution in [0.15, 0.2) is 168 Å². The second-order valence-electron chi connectivity index (χ2n) is 12.7. The molecule has 0 spiro atoms. The van der Waals surface area contributed by atoms with Crippen molar-refractivity contribution in [1.82, 2.24) is 19.5 Å². The van der Waals surface area contributed by atoms with Crippen molar-refractivity contribution in [3.8, 4) is 51.0 Å². The van der Waals surface area contributed by atoms with Gasteiger partial charge in [0, 0.05) is 32.7 Å². The molecule has 0 atom stereocenters. The summed E-state index contributed by atoms with van der Waals surface area (Å²) in [5.74, 6) is 1.78. The fraction of sp³-hybridized carbons (Fsp3) is 0. The number of fused-ring (bicyclic) bond motifs is 6. The summed E-state index contributed by atoms with van der Waals surface area (Å²) in [7, 11) is 0. The highest BCUT2D eigenvalue weighted by molar-refractivity contribution is 6.17. The van der Waals surface area contributed by atoms with Crippen LogP contribution < -0.4 is 0 Å². The molecule has 0 aliphatic heterocycles. The first kappa shape index (κ1) is 29.5. The summed E-state index contributed by atoms with van der Waals surface area (Å²) in [5, 5.41) is 4.11. The highest BCUT2D eigenvalue weighted by atomic mass is 16.3. The molecule has 52 heavy (non-hydrogen) atoms. The molecule has 0 amide bonds. The third-order valence-electron chi connectivity index (χ3n) is 9.71. The maximum Gasteiger partial charge on any atom is 0.238 e. The van der Waals surface area contributed by atoms with Gasteiger partial charge in [-0.3, -0.25) is 4.57 Å². The Labute approximate surface area is 298 Å². The van der Waals surface area contributed by atoms with Gasteiger partial charge in [0.25, 0.3) is 0 Å². The minimum Gasteiger partial charge on any atom is -0.457 e. The molecule has 0 aliphatic rings. The molecule has 3 aromatic heterocycles. The van der Waals surface area contributed by atoms with Gasteiger partial charge in [0.1, 0.15) is 11.2 Å². The van der Waals surface area contributed by atoms with Crippen LogP contribution in [0.5, 0.6) is 0 Å². The van der Waals surface area contributed by atoms with Crippen LogP contribution in [-0.2, 0) is 0 Å². The number of furan rings is 1. The van der Waals surface area contributed by atoms with Gasteiger partial charge in [0.05, 0.1) is 17.6 Å². The van der Waals surface area contributed by atoms with E-state index in [4.69, 9.17) is 25.9 Å². The third kappa shape index (κ3) is 4.76. The molecule has 0 radical (unpaired) electrons. The van der Waals surface area contributed by atoms with E-state index in [2.05, 4.69) is 100 Å². The van der Waals surface area contributed by atoms with Crippen molar-refractivity contribution < 1.29 is 4.42 Å². The number of benzene rings is 7. The summed E-state index contributed by atoms with van der Waals surface area (Å²) >= 11 is 0. The SMILES string of the molecule is [C-]#[N+]c1cccc2oc3cccc(-c4cccc(-c5ccc(-c6nc(-c7ccccc7)nc(-n7c8ccccc8c8ccccc87)n6)cc5)c4)c3c12. The fourth-order valence-corrected chi connectivity index (χ4v) is 7.31. The van der Waals surface area contributed by atoms with Crippen LogP contribution in [0, 0.1) is 6.57 Å². The average Bonchev–Trinajstić information content (AvgIpc) is 3.77. The van der Waals surface area contributed by atoms with Crippen LogP contribution in [0.25, 0.3) is 99.6 Å². The highest BCUT2D eigenvalue weighted by Gasteiger charge is 2.18. The van der Waals surface area contributed by atoms with E-state index in [1.807, 2.05) is 72.8 Å². The van der Waals surface area contributed by atoms with Crippen molar-refractivity contribution in [2.24, 2.45) is 0 Å². The number of rotatable bonds is 5. The zero-order chi connectivity index (χ0) is 34.6. The zero-order valence-corrected chi connectivity index (χ0v) is 27.7. The van der Waals surface area contributed by atoms with E-state index in [0.717, 1.165) is 77.1 Å². The van der Waals surface area contributed by atoms with Gasteiger partial charge >= 0.3 is 0 Å². The lowest BCUT2D eigenvalue weighted by molar-refractivity contribution is 0.669. The van der Waals surface area contributed by atoms with Gasteiger partial charge in [-0.2, -0.15) is 9.97 Å². The Bertz CT molecular complexity index is 2970. The Morgan fingerprint density at radius 1 is 0.462 bits per heavy atom.